The number of hydrogen-bond acceptors (Lipinski definition) is 7. The molecule has 1 saturated heterocycles. The molecular formula is C23H25N7OS. The average Bonchev–Trinajstić information content (AvgIpc) is 3.34. The maximum absolute atomic E-state index is 12.9. The lowest BCUT2D eigenvalue weighted by Gasteiger charge is -2.32. The summed E-state index contributed by atoms with van der Waals surface area (Å²) in [6.45, 7) is 7.48. The van der Waals surface area contributed by atoms with Crippen LogP contribution in [-0.2, 0) is 4.79 Å². The van der Waals surface area contributed by atoms with E-state index in [1.807, 2.05) is 44.2 Å². The van der Waals surface area contributed by atoms with E-state index in [9.17, 15) is 4.79 Å². The molecule has 1 aliphatic heterocycles. The molecule has 164 valence electrons. The average molecular weight is 448 g/mol. The van der Waals surface area contributed by atoms with E-state index in [4.69, 9.17) is 0 Å². The summed E-state index contributed by atoms with van der Waals surface area (Å²) in [5, 5.41) is 16.9. The van der Waals surface area contributed by atoms with E-state index < -0.39 is 0 Å². The molecule has 1 aromatic carbocycles. The number of carbonyl (C=O) groups is 1. The summed E-state index contributed by atoms with van der Waals surface area (Å²) in [6, 6.07) is 12.0. The number of anilines is 2. The topological polar surface area (TPSA) is 88.8 Å². The van der Waals surface area contributed by atoms with Gasteiger partial charge in [0, 0.05) is 18.8 Å². The first-order valence-corrected chi connectivity index (χ1v) is 11.6. The SMILES string of the molecule is Cc1ccc2nc(NC(=O)C3CCCN(c4ccc(-n5nc(C)cc5C)nn4)C3)sc2c1. The number of carbonyl (C=O) groups excluding carboxylic acids is 1. The zero-order valence-corrected chi connectivity index (χ0v) is 19.2. The fraction of sp³-hybridized carbons (Fsp3) is 0.348. The summed E-state index contributed by atoms with van der Waals surface area (Å²) in [6.07, 6.45) is 1.78. The van der Waals surface area contributed by atoms with E-state index in [0.717, 1.165) is 46.8 Å². The normalized spacial score (nSPS) is 16.5. The van der Waals surface area contributed by atoms with Crippen LogP contribution in [0.5, 0.6) is 0 Å². The number of benzene rings is 1. The molecule has 1 aliphatic rings. The van der Waals surface area contributed by atoms with E-state index in [1.54, 1.807) is 4.68 Å². The zero-order valence-electron chi connectivity index (χ0n) is 18.4. The summed E-state index contributed by atoms with van der Waals surface area (Å²) in [4.78, 5) is 19.6. The van der Waals surface area contributed by atoms with E-state index in [-0.39, 0.29) is 11.8 Å². The molecule has 5 rings (SSSR count). The van der Waals surface area contributed by atoms with Crippen molar-refractivity contribution in [1.29, 1.82) is 0 Å². The van der Waals surface area contributed by atoms with Gasteiger partial charge in [-0.15, -0.1) is 10.2 Å². The molecule has 3 aromatic heterocycles. The Hall–Kier alpha value is -3.33. The van der Waals surface area contributed by atoms with Crippen LogP contribution in [0, 0.1) is 26.7 Å². The lowest BCUT2D eigenvalue weighted by atomic mass is 9.97. The van der Waals surface area contributed by atoms with Crippen molar-refractivity contribution >= 4 is 38.4 Å². The van der Waals surface area contributed by atoms with Gasteiger partial charge in [-0.3, -0.25) is 4.79 Å². The maximum Gasteiger partial charge on any atom is 0.231 e. The molecule has 4 aromatic rings. The lowest BCUT2D eigenvalue weighted by molar-refractivity contribution is -0.120. The fourth-order valence-corrected chi connectivity index (χ4v) is 5.12. The number of piperidine rings is 1. The number of rotatable bonds is 4. The highest BCUT2D eigenvalue weighted by molar-refractivity contribution is 7.22. The van der Waals surface area contributed by atoms with Gasteiger partial charge in [-0.25, -0.2) is 9.67 Å². The number of nitrogens with zero attached hydrogens (tertiary/aromatic N) is 6. The Bertz CT molecular complexity index is 1280. The van der Waals surface area contributed by atoms with E-state index in [1.165, 1.54) is 16.9 Å². The molecule has 0 spiro atoms. The fourth-order valence-electron chi connectivity index (χ4n) is 4.15. The minimum Gasteiger partial charge on any atom is -0.354 e. The highest BCUT2D eigenvalue weighted by atomic mass is 32.1. The van der Waals surface area contributed by atoms with Crippen molar-refractivity contribution in [3.63, 3.8) is 0 Å². The second kappa shape index (κ2) is 8.31. The van der Waals surface area contributed by atoms with Gasteiger partial charge in [-0.2, -0.15) is 5.10 Å². The summed E-state index contributed by atoms with van der Waals surface area (Å²) < 4.78 is 2.88. The Morgan fingerprint density at radius 3 is 2.66 bits per heavy atom. The zero-order chi connectivity index (χ0) is 22.2. The quantitative estimate of drug-likeness (QED) is 0.508. The Balaban J connectivity index is 1.27. The van der Waals surface area contributed by atoms with Gasteiger partial charge in [0.25, 0.3) is 0 Å². The standard InChI is InChI=1S/C23H25N7OS/c1-14-6-7-18-19(11-14)32-23(24-18)25-22(31)17-5-4-10-29(13-17)20-8-9-21(27-26-20)30-16(3)12-15(2)28-30/h6-9,11-12,17H,4-5,10,13H2,1-3H3,(H,24,25,31). The van der Waals surface area contributed by atoms with Crippen molar-refractivity contribution < 1.29 is 4.79 Å². The highest BCUT2D eigenvalue weighted by Crippen LogP contribution is 2.28. The van der Waals surface area contributed by atoms with Crippen LogP contribution < -0.4 is 10.2 Å². The first-order chi connectivity index (χ1) is 15.5. The minimum absolute atomic E-state index is 0.0118. The number of nitrogens with one attached hydrogen (secondary N) is 1. The van der Waals surface area contributed by atoms with Crippen LogP contribution in [0.3, 0.4) is 0 Å². The van der Waals surface area contributed by atoms with E-state index in [2.05, 4.69) is 43.5 Å². The van der Waals surface area contributed by atoms with Crippen LogP contribution in [-0.4, -0.2) is 44.0 Å². The van der Waals surface area contributed by atoms with E-state index >= 15 is 0 Å². The van der Waals surface area contributed by atoms with Crippen molar-refractivity contribution in [3.8, 4) is 5.82 Å². The number of hydrogen-bond donors (Lipinski definition) is 1. The highest BCUT2D eigenvalue weighted by Gasteiger charge is 2.27. The van der Waals surface area contributed by atoms with Crippen LogP contribution in [0.15, 0.2) is 36.4 Å². The molecule has 0 saturated carbocycles. The van der Waals surface area contributed by atoms with E-state index in [0.29, 0.717) is 17.5 Å². The van der Waals surface area contributed by atoms with Gasteiger partial charge >= 0.3 is 0 Å². The van der Waals surface area contributed by atoms with Gasteiger partial charge in [0.2, 0.25) is 5.91 Å². The molecule has 1 atom stereocenters. The monoisotopic (exact) mass is 447 g/mol. The minimum atomic E-state index is -0.116. The molecule has 8 nitrogen and oxygen atoms in total. The molecule has 4 heterocycles. The smallest absolute Gasteiger partial charge is 0.231 e. The van der Waals surface area contributed by atoms with Gasteiger partial charge in [0.1, 0.15) is 0 Å². The third-order valence-electron chi connectivity index (χ3n) is 5.75. The molecular weight excluding hydrogens is 422 g/mol. The Kier molecular flexibility index (Phi) is 5.34. The van der Waals surface area contributed by atoms with Gasteiger partial charge in [-0.1, -0.05) is 17.4 Å². The van der Waals surface area contributed by atoms with Crippen molar-refractivity contribution in [2.24, 2.45) is 5.92 Å². The van der Waals surface area contributed by atoms with Crippen LogP contribution in [0.2, 0.25) is 0 Å². The maximum atomic E-state index is 12.9. The molecule has 1 N–H and O–H groups in total. The van der Waals surface area contributed by atoms with Gasteiger partial charge in [-0.05, 0) is 69.5 Å². The van der Waals surface area contributed by atoms with Crippen molar-refractivity contribution in [3.05, 3.63) is 53.3 Å². The molecule has 9 heteroatoms. The molecule has 0 aliphatic carbocycles. The first kappa shape index (κ1) is 20.6. The van der Waals surface area contributed by atoms with Crippen LogP contribution in [0.4, 0.5) is 10.9 Å². The van der Waals surface area contributed by atoms with Crippen LogP contribution in [0.1, 0.15) is 29.8 Å². The Morgan fingerprint density at radius 1 is 1.09 bits per heavy atom. The number of fused-ring (bicyclic) bond motifs is 1. The van der Waals surface area contributed by atoms with Crippen molar-refractivity contribution in [1.82, 2.24) is 25.0 Å². The molecule has 0 radical (unpaired) electrons. The summed E-state index contributed by atoms with van der Waals surface area (Å²) >= 11 is 1.52. The summed E-state index contributed by atoms with van der Waals surface area (Å²) in [5.74, 6) is 1.37. The van der Waals surface area contributed by atoms with Crippen LogP contribution >= 0.6 is 11.3 Å². The van der Waals surface area contributed by atoms with Gasteiger partial charge < -0.3 is 10.2 Å². The van der Waals surface area contributed by atoms with Crippen molar-refractivity contribution in [2.75, 3.05) is 23.3 Å². The van der Waals surface area contributed by atoms with Crippen molar-refractivity contribution in [2.45, 2.75) is 33.6 Å². The summed E-state index contributed by atoms with van der Waals surface area (Å²) in [5.41, 5.74) is 4.07. The van der Waals surface area contributed by atoms with Gasteiger partial charge in [0.05, 0.1) is 21.8 Å². The number of aromatic nitrogens is 5. The number of amides is 1. The van der Waals surface area contributed by atoms with Gasteiger partial charge in [0.15, 0.2) is 16.8 Å². The number of thiazole rings is 1. The second-order valence-corrected chi connectivity index (χ2v) is 9.38. The number of aryl methyl sites for hydroxylation is 3. The van der Waals surface area contributed by atoms with Crippen LogP contribution in [0.25, 0.3) is 16.0 Å². The lowest BCUT2D eigenvalue weighted by Crippen LogP contribution is -2.41. The second-order valence-electron chi connectivity index (χ2n) is 8.35. The molecule has 1 unspecified atom stereocenters. The first-order valence-electron chi connectivity index (χ1n) is 10.8. The third kappa shape index (κ3) is 4.08. The predicted molar refractivity (Wildman–Crippen MR) is 127 cm³/mol. The summed E-state index contributed by atoms with van der Waals surface area (Å²) in [7, 11) is 0. The molecule has 32 heavy (non-hydrogen) atoms. The molecule has 0 bridgehead atoms. The Labute approximate surface area is 190 Å². The third-order valence-corrected chi connectivity index (χ3v) is 6.69. The Morgan fingerprint density at radius 2 is 1.91 bits per heavy atom. The molecule has 1 amide bonds. The predicted octanol–water partition coefficient (Wildman–Crippen LogP) is 4.05. The largest absolute Gasteiger partial charge is 0.354 e. The molecule has 1 fully saturated rings.